The lowest BCUT2D eigenvalue weighted by Crippen LogP contribution is -2.48. The number of nitrogens with one attached hydrogen (secondary N) is 2. The van der Waals surface area contributed by atoms with Gasteiger partial charge in [0.05, 0.1) is 13.7 Å². The number of para-hydroxylation sites is 1. The highest BCUT2D eigenvalue weighted by molar-refractivity contribution is 7.53. The van der Waals surface area contributed by atoms with Gasteiger partial charge in [-0.25, -0.2) is 14.2 Å². The second-order valence-electron chi connectivity index (χ2n) is 9.37. The minimum Gasteiger partial charge on any atom is -0.493 e. The molecule has 3 N–H and O–H groups in total. The average molecular weight is 635 g/mol. The Morgan fingerprint density at radius 1 is 0.909 bits per heavy atom. The smallest absolute Gasteiger partial charge is 0.442 e. The van der Waals surface area contributed by atoms with E-state index in [0.717, 1.165) is 5.56 Å². The summed E-state index contributed by atoms with van der Waals surface area (Å²) in [6.07, 6.45) is -3.34. The number of benzene rings is 3. The highest BCUT2D eigenvalue weighted by Crippen LogP contribution is 2.48. The number of halogens is 2. The number of carbonyl (C=O) groups is 3. The third kappa shape index (κ3) is 11.0. The van der Waals surface area contributed by atoms with E-state index in [1.807, 2.05) is 6.07 Å². The minimum absolute atomic E-state index is 0.00833. The molecular formula is C30H33F2N2O9P. The van der Waals surface area contributed by atoms with E-state index in [4.69, 9.17) is 14.2 Å². The summed E-state index contributed by atoms with van der Waals surface area (Å²) in [5.41, 5.74) is 1.55. The molecule has 3 rings (SSSR count). The number of unbranched alkanes of at least 4 members (excludes halogenated alkanes) is 1. The highest BCUT2D eigenvalue weighted by atomic mass is 31.2. The SMILES string of the molecule is COC(=O)c1ccccc1OCCCCNC(=O)[C@H](Cc1ccc(OP(=O)(O)C(F)F)cc1)NC(=O)OCc1ccccc1. The zero-order valence-corrected chi connectivity index (χ0v) is 24.7. The fraction of sp³-hybridized carbons (Fsp3) is 0.300. The van der Waals surface area contributed by atoms with Gasteiger partial charge in [0.1, 0.15) is 29.7 Å². The molecule has 0 spiro atoms. The van der Waals surface area contributed by atoms with Crippen LogP contribution in [0.3, 0.4) is 0 Å². The molecular weight excluding hydrogens is 601 g/mol. The molecule has 0 radical (unpaired) electrons. The van der Waals surface area contributed by atoms with Crippen molar-refractivity contribution >= 4 is 25.6 Å². The summed E-state index contributed by atoms with van der Waals surface area (Å²) in [6.45, 7) is 0.514. The molecule has 236 valence electrons. The van der Waals surface area contributed by atoms with Crippen LogP contribution in [0.1, 0.15) is 34.3 Å². The summed E-state index contributed by atoms with van der Waals surface area (Å²) in [6, 6.07) is 19.8. The van der Waals surface area contributed by atoms with E-state index < -0.39 is 37.8 Å². The van der Waals surface area contributed by atoms with Crippen LogP contribution >= 0.6 is 7.60 Å². The second kappa shape index (κ2) is 17.0. The van der Waals surface area contributed by atoms with Crippen LogP contribution in [0, 0.1) is 0 Å². The maximum absolute atomic E-state index is 13.1. The first-order chi connectivity index (χ1) is 21.1. The number of alkyl carbamates (subject to hydrolysis) is 1. The topological polar surface area (TPSA) is 149 Å². The lowest BCUT2D eigenvalue weighted by molar-refractivity contribution is -0.123. The van der Waals surface area contributed by atoms with Crippen molar-refractivity contribution in [3.8, 4) is 11.5 Å². The predicted molar refractivity (Wildman–Crippen MR) is 156 cm³/mol. The van der Waals surface area contributed by atoms with Crippen molar-refractivity contribution in [1.29, 1.82) is 0 Å². The number of esters is 1. The van der Waals surface area contributed by atoms with Crippen molar-refractivity contribution in [2.75, 3.05) is 20.3 Å². The van der Waals surface area contributed by atoms with Gasteiger partial charge in [0.15, 0.2) is 0 Å². The molecule has 0 bridgehead atoms. The Morgan fingerprint density at radius 3 is 2.27 bits per heavy atom. The zero-order valence-electron chi connectivity index (χ0n) is 23.8. The Kier molecular flexibility index (Phi) is 13.1. The summed E-state index contributed by atoms with van der Waals surface area (Å²) >= 11 is 0. The Labute approximate surface area is 253 Å². The molecule has 0 aliphatic rings. The van der Waals surface area contributed by atoms with Crippen molar-refractivity contribution in [2.24, 2.45) is 0 Å². The van der Waals surface area contributed by atoms with Gasteiger partial charge in [-0.05, 0) is 48.2 Å². The molecule has 0 aliphatic heterocycles. The lowest BCUT2D eigenvalue weighted by Gasteiger charge is -2.19. The number of hydrogen-bond donors (Lipinski definition) is 3. The first-order valence-corrected chi connectivity index (χ1v) is 15.2. The lowest BCUT2D eigenvalue weighted by atomic mass is 10.1. The van der Waals surface area contributed by atoms with Crippen LogP contribution in [-0.2, 0) is 31.9 Å². The molecule has 0 saturated carbocycles. The van der Waals surface area contributed by atoms with Gasteiger partial charge in [-0.15, -0.1) is 0 Å². The third-order valence-electron chi connectivity index (χ3n) is 6.09. The van der Waals surface area contributed by atoms with Gasteiger partial charge < -0.3 is 34.3 Å². The van der Waals surface area contributed by atoms with E-state index in [0.29, 0.717) is 29.7 Å². The van der Waals surface area contributed by atoms with Gasteiger partial charge in [0.25, 0.3) is 0 Å². The van der Waals surface area contributed by atoms with Gasteiger partial charge in [0, 0.05) is 13.0 Å². The molecule has 3 aromatic carbocycles. The van der Waals surface area contributed by atoms with Gasteiger partial charge in [-0.3, -0.25) is 4.79 Å². The Balaban J connectivity index is 1.55. The zero-order chi connectivity index (χ0) is 32.0. The number of methoxy groups -OCH3 is 1. The first-order valence-electron chi connectivity index (χ1n) is 13.5. The van der Waals surface area contributed by atoms with Crippen molar-refractivity contribution < 1.29 is 51.4 Å². The maximum atomic E-state index is 13.1. The summed E-state index contributed by atoms with van der Waals surface area (Å²) < 4.78 is 57.0. The Morgan fingerprint density at radius 2 is 1.59 bits per heavy atom. The van der Waals surface area contributed by atoms with Crippen molar-refractivity contribution in [2.45, 2.75) is 38.1 Å². The normalized spacial score (nSPS) is 12.8. The molecule has 0 fully saturated rings. The van der Waals surface area contributed by atoms with Crippen molar-refractivity contribution in [1.82, 2.24) is 10.6 Å². The largest absolute Gasteiger partial charge is 0.493 e. The Hall–Kier alpha value is -4.48. The van der Waals surface area contributed by atoms with Crippen LogP contribution in [0.5, 0.6) is 11.5 Å². The monoisotopic (exact) mass is 634 g/mol. The number of rotatable bonds is 16. The Bertz CT molecular complexity index is 1430. The fourth-order valence-corrected chi connectivity index (χ4v) is 4.35. The van der Waals surface area contributed by atoms with E-state index in [9.17, 15) is 32.6 Å². The van der Waals surface area contributed by atoms with Crippen LogP contribution in [0.15, 0.2) is 78.9 Å². The van der Waals surface area contributed by atoms with E-state index in [-0.39, 0.29) is 31.9 Å². The molecule has 11 nitrogen and oxygen atoms in total. The number of amides is 2. The molecule has 44 heavy (non-hydrogen) atoms. The van der Waals surface area contributed by atoms with E-state index >= 15 is 0 Å². The number of hydrogen-bond acceptors (Lipinski definition) is 8. The number of carbonyl (C=O) groups excluding carboxylic acids is 3. The highest BCUT2D eigenvalue weighted by Gasteiger charge is 2.34. The molecule has 1 unspecified atom stereocenters. The molecule has 0 heterocycles. The first kappa shape index (κ1) is 34.0. The van der Waals surface area contributed by atoms with Crippen LogP contribution in [-0.4, -0.2) is 55.3 Å². The van der Waals surface area contributed by atoms with Gasteiger partial charge in [-0.1, -0.05) is 54.6 Å². The standard InChI is InChI=1S/C30H33F2N2O9P/c1-40-28(36)24-11-5-6-12-26(24)41-18-8-7-17-33-27(35)25(34-30(37)42-20-22-9-3-2-4-10-22)19-21-13-15-23(16-14-21)43-44(38,39)29(31)32/h2-6,9-16,25,29H,7-8,17-20H2,1H3,(H,33,35)(H,34,37)(H,38,39)/t25-/m0/s1. The van der Waals surface area contributed by atoms with E-state index in [1.165, 1.54) is 31.4 Å². The number of alkyl halides is 2. The average Bonchev–Trinajstić information content (AvgIpc) is 3.02. The van der Waals surface area contributed by atoms with Gasteiger partial charge in [-0.2, -0.15) is 8.78 Å². The quantitative estimate of drug-likeness (QED) is 0.112. The predicted octanol–water partition coefficient (Wildman–Crippen LogP) is 5.07. The van der Waals surface area contributed by atoms with Crippen LogP contribution in [0.4, 0.5) is 13.6 Å². The summed E-state index contributed by atoms with van der Waals surface area (Å²) in [4.78, 5) is 46.7. The van der Waals surface area contributed by atoms with Gasteiger partial charge >= 0.3 is 25.8 Å². The molecule has 2 atom stereocenters. The molecule has 3 aromatic rings. The molecule has 0 aliphatic carbocycles. The summed E-state index contributed by atoms with van der Waals surface area (Å²) in [5, 5.41) is 5.30. The fourth-order valence-electron chi connectivity index (χ4n) is 3.84. The second-order valence-corrected chi connectivity index (χ2v) is 11.1. The molecule has 2 amide bonds. The van der Waals surface area contributed by atoms with E-state index in [2.05, 4.69) is 15.2 Å². The summed E-state index contributed by atoms with van der Waals surface area (Å²) in [7, 11) is -3.86. The van der Waals surface area contributed by atoms with Crippen molar-refractivity contribution in [3.05, 3.63) is 95.6 Å². The van der Waals surface area contributed by atoms with E-state index in [1.54, 1.807) is 48.5 Å². The minimum atomic E-state index is -5.14. The van der Waals surface area contributed by atoms with Crippen LogP contribution in [0.2, 0.25) is 0 Å². The molecule has 0 aromatic heterocycles. The molecule has 14 heteroatoms. The summed E-state index contributed by atoms with van der Waals surface area (Å²) in [5.74, 6) is -0.893. The van der Waals surface area contributed by atoms with Crippen LogP contribution in [0.25, 0.3) is 0 Å². The van der Waals surface area contributed by atoms with Gasteiger partial charge in [0.2, 0.25) is 5.91 Å². The number of ether oxygens (including phenoxy) is 3. The maximum Gasteiger partial charge on any atom is 0.442 e. The third-order valence-corrected chi connectivity index (χ3v) is 7.05. The molecule has 0 saturated heterocycles. The van der Waals surface area contributed by atoms with Crippen LogP contribution < -0.4 is 19.9 Å². The van der Waals surface area contributed by atoms with Crippen molar-refractivity contribution in [3.63, 3.8) is 0 Å².